The van der Waals surface area contributed by atoms with E-state index in [0.717, 1.165) is 61.9 Å². The van der Waals surface area contributed by atoms with E-state index in [4.69, 9.17) is 9.97 Å². The second-order valence-electron chi connectivity index (χ2n) is 5.67. The molecule has 1 N–H and O–H groups in total. The van der Waals surface area contributed by atoms with Gasteiger partial charge in [-0.3, -0.25) is 4.98 Å². The smallest absolute Gasteiger partial charge is 0.163 e. The van der Waals surface area contributed by atoms with Crippen molar-refractivity contribution >= 4 is 5.82 Å². The lowest BCUT2D eigenvalue weighted by molar-refractivity contribution is 0.620. The Bertz CT molecular complexity index is 696. The minimum absolute atomic E-state index is 0.778. The van der Waals surface area contributed by atoms with Gasteiger partial charge in [0.05, 0.1) is 5.69 Å². The Kier molecular flexibility index (Phi) is 3.56. The lowest BCUT2D eigenvalue weighted by Gasteiger charge is -2.29. The highest BCUT2D eigenvalue weighted by Crippen LogP contribution is 2.28. The maximum atomic E-state index is 4.89. The maximum Gasteiger partial charge on any atom is 0.163 e. The van der Waals surface area contributed by atoms with Crippen LogP contribution < -0.4 is 10.2 Å². The summed E-state index contributed by atoms with van der Waals surface area (Å²) in [6.07, 6.45) is 10.2. The Hall–Kier alpha value is -2.27. The highest BCUT2D eigenvalue weighted by atomic mass is 15.2. The first-order valence-corrected chi connectivity index (χ1v) is 7.82. The van der Waals surface area contributed by atoms with E-state index in [1.165, 1.54) is 5.56 Å². The molecule has 0 fully saturated rings. The van der Waals surface area contributed by atoms with Gasteiger partial charge in [-0.15, -0.1) is 0 Å². The Morgan fingerprint density at radius 3 is 3.00 bits per heavy atom. The maximum absolute atomic E-state index is 4.89. The van der Waals surface area contributed by atoms with E-state index in [1.54, 1.807) is 6.20 Å². The van der Waals surface area contributed by atoms with E-state index in [2.05, 4.69) is 27.4 Å². The molecule has 22 heavy (non-hydrogen) atoms. The van der Waals surface area contributed by atoms with Crippen molar-refractivity contribution in [3.8, 4) is 11.4 Å². The molecule has 5 nitrogen and oxygen atoms in total. The molecule has 0 saturated carbocycles. The number of hydrogen-bond donors (Lipinski definition) is 1. The van der Waals surface area contributed by atoms with Crippen molar-refractivity contribution in [3.63, 3.8) is 0 Å². The van der Waals surface area contributed by atoms with Crippen LogP contribution in [0.25, 0.3) is 11.4 Å². The van der Waals surface area contributed by atoms with E-state index in [9.17, 15) is 0 Å². The predicted octanol–water partition coefficient (Wildman–Crippen LogP) is 1.95. The standard InChI is InChI=1S/C17H19N5/c1-2-9-22(10-3-1)17-14-6-8-19-12-15(14)20-16(21-17)13-5-4-7-18-11-13/h1-2,4-5,7,11,19H,3,6,8-10,12H2. The summed E-state index contributed by atoms with van der Waals surface area (Å²) >= 11 is 0. The molecule has 0 aromatic carbocycles. The molecule has 2 aliphatic rings. The Morgan fingerprint density at radius 1 is 1.18 bits per heavy atom. The fourth-order valence-corrected chi connectivity index (χ4v) is 3.06. The topological polar surface area (TPSA) is 53.9 Å². The Morgan fingerprint density at radius 2 is 2.18 bits per heavy atom. The van der Waals surface area contributed by atoms with E-state index in [-0.39, 0.29) is 0 Å². The van der Waals surface area contributed by atoms with Crippen LogP contribution in [0.1, 0.15) is 17.7 Å². The van der Waals surface area contributed by atoms with Gasteiger partial charge in [-0.1, -0.05) is 12.2 Å². The number of fused-ring (bicyclic) bond motifs is 1. The third-order valence-corrected chi connectivity index (χ3v) is 4.19. The summed E-state index contributed by atoms with van der Waals surface area (Å²) in [6, 6.07) is 3.95. The molecule has 2 aliphatic heterocycles. The lowest BCUT2D eigenvalue weighted by Crippen LogP contribution is -2.33. The lowest BCUT2D eigenvalue weighted by atomic mass is 10.1. The van der Waals surface area contributed by atoms with Crippen molar-refractivity contribution in [2.75, 3.05) is 24.5 Å². The van der Waals surface area contributed by atoms with Gasteiger partial charge in [0, 0.05) is 43.2 Å². The van der Waals surface area contributed by atoms with E-state index >= 15 is 0 Å². The van der Waals surface area contributed by atoms with Crippen molar-refractivity contribution in [3.05, 3.63) is 47.9 Å². The molecule has 0 saturated heterocycles. The molecule has 112 valence electrons. The average Bonchev–Trinajstić information content (AvgIpc) is 2.62. The minimum Gasteiger partial charge on any atom is -0.352 e. The first-order valence-electron chi connectivity index (χ1n) is 7.82. The van der Waals surface area contributed by atoms with Crippen LogP contribution in [0.15, 0.2) is 36.7 Å². The largest absolute Gasteiger partial charge is 0.352 e. The van der Waals surface area contributed by atoms with Gasteiger partial charge in [0.15, 0.2) is 5.82 Å². The fourth-order valence-electron chi connectivity index (χ4n) is 3.06. The molecule has 0 spiro atoms. The molecule has 0 radical (unpaired) electrons. The van der Waals surface area contributed by atoms with Crippen LogP contribution in [0.5, 0.6) is 0 Å². The summed E-state index contributed by atoms with van der Waals surface area (Å²) in [4.78, 5) is 16.2. The van der Waals surface area contributed by atoms with Gasteiger partial charge in [-0.25, -0.2) is 9.97 Å². The third-order valence-electron chi connectivity index (χ3n) is 4.19. The monoisotopic (exact) mass is 293 g/mol. The van der Waals surface area contributed by atoms with Gasteiger partial charge in [0.25, 0.3) is 0 Å². The Balaban J connectivity index is 1.82. The van der Waals surface area contributed by atoms with Crippen molar-refractivity contribution in [1.82, 2.24) is 20.3 Å². The van der Waals surface area contributed by atoms with Gasteiger partial charge in [-0.2, -0.15) is 0 Å². The fraction of sp³-hybridized carbons (Fsp3) is 0.353. The third kappa shape index (κ3) is 2.48. The zero-order valence-corrected chi connectivity index (χ0v) is 12.5. The molecule has 2 aromatic heterocycles. The first kappa shape index (κ1) is 13.4. The van der Waals surface area contributed by atoms with Gasteiger partial charge in [0.2, 0.25) is 0 Å². The molecule has 0 aliphatic carbocycles. The van der Waals surface area contributed by atoms with Crippen LogP contribution in [-0.4, -0.2) is 34.6 Å². The predicted molar refractivity (Wildman–Crippen MR) is 86.6 cm³/mol. The van der Waals surface area contributed by atoms with E-state index in [0.29, 0.717) is 0 Å². The number of rotatable bonds is 2. The quantitative estimate of drug-likeness (QED) is 0.858. The number of hydrogen-bond acceptors (Lipinski definition) is 5. The molecule has 4 heterocycles. The van der Waals surface area contributed by atoms with E-state index < -0.39 is 0 Å². The molecule has 0 amide bonds. The highest BCUT2D eigenvalue weighted by molar-refractivity contribution is 5.60. The molecular weight excluding hydrogens is 274 g/mol. The zero-order chi connectivity index (χ0) is 14.8. The molecule has 2 aromatic rings. The second-order valence-corrected chi connectivity index (χ2v) is 5.67. The summed E-state index contributed by atoms with van der Waals surface area (Å²) in [5.41, 5.74) is 3.41. The Labute approximate surface area is 130 Å². The summed E-state index contributed by atoms with van der Waals surface area (Å²) in [6.45, 7) is 3.78. The van der Waals surface area contributed by atoms with Crippen LogP contribution in [0.2, 0.25) is 0 Å². The van der Waals surface area contributed by atoms with Crippen molar-refractivity contribution in [2.45, 2.75) is 19.4 Å². The number of anilines is 1. The number of nitrogens with one attached hydrogen (secondary N) is 1. The zero-order valence-electron chi connectivity index (χ0n) is 12.5. The van der Waals surface area contributed by atoms with Crippen LogP contribution in [0.3, 0.4) is 0 Å². The first-order chi connectivity index (χ1) is 10.9. The normalized spacial score (nSPS) is 17.4. The molecule has 4 rings (SSSR count). The van der Waals surface area contributed by atoms with Gasteiger partial charge < -0.3 is 10.2 Å². The molecular formula is C17H19N5. The van der Waals surface area contributed by atoms with Crippen LogP contribution in [0.4, 0.5) is 5.82 Å². The van der Waals surface area contributed by atoms with Crippen molar-refractivity contribution in [2.24, 2.45) is 0 Å². The second kappa shape index (κ2) is 5.85. The number of pyridine rings is 1. The summed E-state index contributed by atoms with van der Waals surface area (Å²) in [5.74, 6) is 1.88. The molecule has 5 heteroatoms. The molecule has 0 bridgehead atoms. The van der Waals surface area contributed by atoms with Gasteiger partial charge >= 0.3 is 0 Å². The molecule has 0 unspecified atom stereocenters. The number of aromatic nitrogens is 3. The molecule has 0 atom stereocenters. The average molecular weight is 293 g/mol. The minimum atomic E-state index is 0.778. The van der Waals surface area contributed by atoms with Crippen LogP contribution in [-0.2, 0) is 13.0 Å². The number of nitrogens with zero attached hydrogens (tertiary/aromatic N) is 4. The summed E-state index contributed by atoms with van der Waals surface area (Å²) in [5, 5.41) is 3.41. The van der Waals surface area contributed by atoms with Crippen LogP contribution >= 0.6 is 0 Å². The SMILES string of the molecule is C1=CCN(c2nc(-c3cccnc3)nc3c2CCNC3)CC1. The van der Waals surface area contributed by atoms with Crippen molar-refractivity contribution in [1.29, 1.82) is 0 Å². The summed E-state index contributed by atoms with van der Waals surface area (Å²) < 4.78 is 0. The van der Waals surface area contributed by atoms with Crippen molar-refractivity contribution < 1.29 is 0 Å². The van der Waals surface area contributed by atoms with E-state index in [1.807, 2.05) is 18.3 Å². The van der Waals surface area contributed by atoms with Crippen LogP contribution in [0, 0.1) is 0 Å². The summed E-state index contributed by atoms with van der Waals surface area (Å²) in [7, 11) is 0. The van der Waals surface area contributed by atoms with Gasteiger partial charge in [-0.05, 0) is 31.5 Å². The highest BCUT2D eigenvalue weighted by Gasteiger charge is 2.22. The van der Waals surface area contributed by atoms with Gasteiger partial charge in [0.1, 0.15) is 5.82 Å².